The third-order valence-corrected chi connectivity index (χ3v) is 3.62. The zero-order valence-electron chi connectivity index (χ0n) is 12.1. The van der Waals surface area contributed by atoms with E-state index in [0.717, 1.165) is 38.3 Å². The maximum absolute atomic E-state index is 11.4. The van der Waals surface area contributed by atoms with Gasteiger partial charge < -0.3 is 15.1 Å². The average molecular weight is 278 g/mol. The SMILES string of the molecule is CCNc1cccc(N2CCCN(C)CC2)c1[N+](=O)[O-]. The van der Waals surface area contributed by atoms with Crippen LogP contribution in [-0.2, 0) is 0 Å². The van der Waals surface area contributed by atoms with Gasteiger partial charge in [-0.25, -0.2) is 0 Å². The summed E-state index contributed by atoms with van der Waals surface area (Å²) in [4.78, 5) is 15.6. The second-order valence-electron chi connectivity index (χ2n) is 5.10. The first-order valence-electron chi connectivity index (χ1n) is 7.08. The van der Waals surface area contributed by atoms with E-state index in [9.17, 15) is 10.1 Å². The lowest BCUT2D eigenvalue weighted by Gasteiger charge is -2.23. The molecule has 1 aromatic carbocycles. The monoisotopic (exact) mass is 278 g/mol. The minimum Gasteiger partial charge on any atom is -0.380 e. The predicted octanol–water partition coefficient (Wildman–Crippen LogP) is 2.17. The molecule has 1 aliphatic heterocycles. The van der Waals surface area contributed by atoms with Crippen LogP contribution in [-0.4, -0.2) is 49.6 Å². The van der Waals surface area contributed by atoms with Gasteiger partial charge in [0.15, 0.2) is 0 Å². The molecule has 1 aliphatic rings. The Kier molecular flexibility index (Phi) is 4.79. The Labute approximate surface area is 119 Å². The van der Waals surface area contributed by atoms with E-state index in [-0.39, 0.29) is 10.6 Å². The molecule has 0 aliphatic carbocycles. The molecule has 1 heterocycles. The Morgan fingerprint density at radius 1 is 1.30 bits per heavy atom. The van der Waals surface area contributed by atoms with Crippen LogP contribution in [0.25, 0.3) is 0 Å². The molecule has 1 aromatic rings. The molecule has 6 heteroatoms. The molecular formula is C14H22N4O2. The number of nitro benzene ring substituents is 1. The Hall–Kier alpha value is -1.82. The highest BCUT2D eigenvalue weighted by Crippen LogP contribution is 2.35. The van der Waals surface area contributed by atoms with Crippen molar-refractivity contribution in [2.45, 2.75) is 13.3 Å². The molecule has 0 saturated carbocycles. The molecule has 0 spiro atoms. The first-order chi connectivity index (χ1) is 9.63. The van der Waals surface area contributed by atoms with Crippen LogP contribution in [0.5, 0.6) is 0 Å². The minimum atomic E-state index is -0.276. The molecule has 0 radical (unpaired) electrons. The highest BCUT2D eigenvalue weighted by Gasteiger charge is 2.24. The van der Waals surface area contributed by atoms with Crippen LogP contribution in [0, 0.1) is 10.1 Å². The van der Waals surface area contributed by atoms with Gasteiger partial charge in [0, 0.05) is 26.2 Å². The molecule has 0 unspecified atom stereocenters. The predicted molar refractivity (Wildman–Crippen MR) is 81.6 cm³/mol. The number of anilines is 2. The summed E-state index contributed by atoms with van der Waals surface area (Å²) in [5.74, 6) is 0. The van der Waals surface area contributed by atoms with Gasteiger partial charge in [0.25, 0.3) is 0 Å². The Morgan fingerprint density at radius 3 is 2.80 bits per heavy atom. The second kappa shape index (κ2) is 6.56. The topological polar surface area (TPSA) is 61.6 Å². The number of hydrogen-bond acceptors (Lipinski definition) is 5. The van der Waals surface area contributed by atoms with Gasteiger partial charge in [0.2, 0.25) is 0 Å². The third-order valence-electron chi connectivity index (χ3n) is 3.62. The maximum Gasteiger partial charge on any atom is 0.315 e. The van der Waals surface area contributed by atoms with Crippen LogP contribution in [0.4, 0.5) is 17.1 Å². The Morgan fingerprint density at radius 2 is 2.10 bits per heavy atom. The summed E-state index contributed by atoms with van der Waals surface area (Å²) in [5.41, 5.74) is 1.52. The number of para-hydroxylation sites is 1. The van der Waals surface area contributed by atoms with Crippen LogP contribution in [0.15, 0.2) is 18.2 Å². The summed E-state index contributed by atoms with van der Waals surface area (Å²) in [6, 6.07) is 5.51. The normalized spacial score (nSPS) is 16.8. The number of nitrogens with zero attached hydrogens (tertiary/aromatic N) is 3. The Balaban J connectivity index is 2.34. The highest BCUT2D eigenvalue weighted by atomic mass is 16.6. The van der Waals surface area contributed by atoms with Crippen molar-refractivity contribution >= 4 is 17.1 Å². The lowest BCUT2D eigenvalue weighted by Crippen LogP contribution is -2.29. The maximum atomic E-state index is 11.4. The number of likely N-dealkylation sites (N-methyl/N-ethyl adjacent to an activating group) is 1. The number of hydrogen-bond donors (Lipinski definition) is 1. The first kappa shape index (κ1) is 14.6. The summed E-state index contributed by atoms with van der Waals surface area (Å²) >= 11 is 0. The average Bonchev–Trinajstić information content (AvgIpc) is 2.63. The summed E-state index contributed by atoms with van der Waals surface area (Å²) in [6.07, 6.45) is 1.03. The molecule has 20 heavy (non-hydrogen) atoms. The highest BCUT2D eigenvalue weighted by molar-refractivity contribution is 5.77. The quantitative estimate of drug-likeness (QED) is 0.675. The number of nitrogens with one attached hydrogen (secondary N) is 1. The van der Waals surface area contributed by atoms with E-state index < -0.39 is 0 Å². The summed E-state index contributed by atoms with van der Waals surface area (Å²) < 4.78 is 0. The van der Waals surface area contributed by atoms with Crippen molar-refractivity contribution in [3.05, 3.63) is 28.3 Å². The van der Waals surface area contributed by atoms with E-state index in [4.69, 9.17) is 0 Å². The first-order valence-corrected chi connectivity index (χ1v) is 7.08. The van der Waals surface area contributed by atoms with Crippen LogP contribution < -0.4 is 10.2 Å². The van der Waals surface area contributed by atoms with E-state index in [2.05, 4.69) is 22.2 Å². The van der Waals surface area contributed by atoms with Crippen molar-refractivity contribution in [3.63, 3.8) is 0 Å². The van der Waals surface area contributed by atoms with Crippen LogP contribution in [0.1, 0.15) is 13.3 Å². The standard InChI is InChI=1S/C14H22N4O2/c1-3-15-12-6-4-7-13(14(12)18(19)20)17-9-5-8-16(2)10-11-17/h4,6-7,15H,3,5,8-11H2,1-2H3. The molecular weight excluding hydrogens is 256 g/mol. The lowest BCUT2D eigenvalue weighted by molar-refractivity contribution is -0.383. The molecule has 110 valence electrons. The molecule has 0 aromatic heterocycles. The van der Waals surface area contributed by atoms with Gasteiger partial charge in [-0.15, -0.1) is 0 Å². The fourth-order valence-corrected chi connectivity index (χ4v) is 2.60. The molecule has 0 atom stereocenters. The van der Waals surface area contributed by atoms with Gasteiger partial charge in [-0.1, -0.05) is 6.07 Å². The second-order valence-corrected chi connectivity index (χ2v) is 5.10. The van der Waals surface area contributed by atoms with Gasteiger partial charge in [0.1, 0.15) is 11.4 Å². The van der Waals surface area contributed by atoms with Gasteiger partial charge in [0.05, 0.1) is 4.92 Å². The van der Waals surface area contributed by atoms with Crippen molar-refractivity contribution in [1.29, 1.82) is 0 Å². The largest absolute Gasteiger partial charge is 0.380 e. The molecule has 1 fully saturated rings. The molecule has 2 rings (SSSR count). The molecule has 1 saturated heterocycles. The molecule has 0 amide bonds. The van der Waals surface area contributed by atoms with Gasteiger partial charge in [-0.2, -0.15) is 0 Å². The van der Waals surface area contributed by atoms with Gasteiger partial charge in [-0.3, -0.25) is 10.1 Å². The third kappa shape index (κ3) is 3.19. The van der Waals surface area contributed by atoms with Crippen LogP contribution in [0.3, 0.4) is 0 Å². The molecule has 1 N–H and O–H groups in total. The fraction of sp³-hybridized carbons (Fsp3) is 0.571. The smallest absolute Gasteiger partial charge is 0.315 e. The van der Waals surface area contributed by atoms with Crippen LogP contribution in [0.2, 0.25) is 0 Å². The number of rotatable bonds is 4. The van der Waals surface area contributed by atoms with Crippen molar-refractivity contribution in [2.24, 2.45) is 0 Å². The van der Waals surface area contributed by atoms with E-state index in [1.165, 1.54) is 0 Å². The zero-order chi connectivity index (χ0) is 14.5. The summed E-state index contributed by atoms with van der Waals surface area (Å²) in [7, 11) is 2.09. The molecule has 6 nitrogen and oxygen atoms in total. The van der Waals surface area contributed by atoms with Crippen LogP contribution >= 0.6 is 0 Å². The van der Waals surface area contributed by atoms with Gasteiger partial charge >= 0.3 is 5.69 Å². The lowest BCUT2D eigenvalue weighted by atomic mass is 10.2. The van der Waals surface area contributed by atoms with Crippen molar-refractivity contribution < 1.29 is 4.92 Å². The van der Waals surface area contributed by atoms with Crippen molar-refractivity contribution in [1.82, 2.24) is 4.90 Å². The zero-order valence-corrected chi connectivity index (χ0v) is 12.1. The van der Waals surface area contributed by atoms with Crippen molar-refractivity contribution in [2.75, 3.05) is 50.0 Å². The van der Waals surface area contributed by atoms with Crippen molar-refractivity contribution in [3.8, 4) is 0 Å². The van der Waals surface area contributed by atoms with Gasteiger partial charge in [-0.05, 0) is 39.1 Å². The van der Waals surface area contributed by atoms with E-state index >= 15 is 0 Å². The number of benzene rings is 1. The fourth-order valence-electron chi connectivity index (χ4n) is 2.60. The van der Waals surface area contributed by atoms with E-state index in [0.29, 0.717) is 12.2 Å². The van der Waals surface area contributed by atoms with E-state index in [1.807, 2.05) is 19.1 Å². The summed E-state index contributed by atoms with van der Waals surface area (Å²) in [5, 5.41) is 14.5. The number of nitro groups is 1. The van der Waals surface area contributed by atoms with E-state index in [1.54, 1.807) is 6.07 Å². The Bertz CT molecular complexity index is 478. The molecule has 0 bridgehead atoms. The summed E-state index contributed by atoms with van der Waals surface area (Å²) in [6.45, 7) is 6.28. The minimum absolute atomic E-state index is 0.193.